The zero-order chi connectivity index (χ0) is 14.8. The van der Waals surface area contributed by atoms with Crippen LogP contribution in [0.25, 0.3) is 10.9 Å². The average molecular weight is 287 g/mol. The van der Waals surface area contributed by atoms with E-state index in [0.717, 1.165) is 17.0 Å². The van der Waals surface area contributed by atoms with Gasteiger partial charge in [-0.15, -0.1) is 0 Å². The first kappa shape index (κ1) is 13.1. The lowest BCUT2D eigenvalue weighted by Crippen LogP contribution is -2.20. The number of nitrogens with one attached hydrogen (secondary N) is 3. The van der Waals surface area contributed by atoms with Gasteiger partial charge in [0, 0.05) is 23.2 Å². The molecule has 2 amide bonds. The number of aromatic amines is 1. The first-order chi connectivity index (χ1) is 10.1. The van der Waals surface area contributed by atoms with E-state index in [1.807, 2.05) is 12.1 Å². The minimum Gasteiger partial charge on any atom is -0.361 e. The third-order valence-electron chi connectivity index (χ3n) is 3.02. The second-order valence-corrected chi connectivity index (χ2v) is 4.45. The highest BCUT2D eigenvalue weighted by Crippen LogP contribution is 2.22. The van der Waals surface area contributed by atoms with Crippen LogP contribution < -0.4 is 10.6 Å². The van der Waals surface area contributed by atoms with Crippen molar-refractivity contribution in [1.82, 2.24) is 4.98 Å². The van der Waals surface area contributed by atoms with E-state index in [9.17, 15) is 13.6 Å². The minimum absolute atomic E-state index is 0.0878. The summed E-state index contributed by atoms with van der Waals surface area (Å²) in [6, 6.07) is 9.56. The van der Waals surface area contributed by atoms with E-state index in [0.29, 0.717) is 11.8 Å². The highest BCUT2D eigenvalue weighted by Gasteiger charge is 2.09. The van der Waals surface area contributed by atoms with Crippen molar-refractivity contribution >= 4 is 28.3 Å². The van der Waals surface area contributed by atoms with E-state index in [1.165, 1.54) is 6.07 Å². The molecular formula is C15H11F2N3O. The van der Waals surface area contributed by atoms with Gasteiger partial charge in [-0.05, 0) is 30.3 Å². The van der Waals surface area contributed by atoms with Gasteiger partial charge in [0.25, 0.3) is 0 Å². The summed E-state index contributed by atoms with van der Waals surface area (Å²) in [5.74, 6) is -1.53. The van der Waals surface area contributed by atoms with E-state index in [1.54, 1.807) is 18.3 Å². The van der Waals surface area contributed by atoms with Crippen LogP contribution in [-0.4, -0.2) is 11.0 Å². The van der Waals surface area contributed by atoms with Gasteiger partial charge < -0.3 is 15.6 Å². The molecule has 3 rings (SSSR count). The first-order valence-corrected chi connectivity index (χ1v) is 6.22. The molecule has 6 heteroatoms. The average Bonchev–Trinajstić information content (AvgIpc) is 2.91. The van der Waals surface area contributed by atoms with Crippen molar-refractivity contribution in [3.63, 3.8) is 0 Å². The van der Waals surface area contributed by atoms with E-state index >= 15 is 0 Å². The summed E-state index contributed by atoms with van der Waals surface area (Å²) in [6.07, 6.45) is 1.76. The van der Waals surface area contributed by atoms with Gasteiger partial charge in [0.15, 0.2) is 0 Å². The standard InChI is InChI=1S/C15H11F2N3O/c16-9-4-5-14(11(17)8-9)20-15(21)19-13-3-1-2-12-10(13)6-7-18-12/h1-8,18H,(H2,19,20,21). The maximum Gasteiger partial charge on any atom is 0.323 e. The second-order valence-electron chi connectivity index (χ2n) is 4.45. The molecule has 0 unspecified atom stereocenters. The van der Waals surface area contributed by atoms with Gasteiger partial charge in [0.05, 0.1) is 11.4 Å². The molecule has 0 fully saturated rings. The van der Waals surface area contributed by atoms with Gasteiger partial charge >= 0.3 is 6.03 Å². The number of halogens is 2. The van der Waals surface area contributed by atoms with Crippen molar-refractivity contribution in [2.45, 2.75) is 0 Å². The van der Waals surface area contributed by atoms with Gasteiger partial charge in [-0.2, -0.15) is 0 Å². The lowest BCUT2D eigenvalue weighted by molar-refractivity contribution is 0.262. The highest BCUT2D eigenvalue weighted by atomic mass is 19.1. The summed E-state index contributed by atoms with van der Waals surface area (Å²) in [4.78, 5) is 14.9. The number of hydrogen-bond donors (Lipinski definition) is 3. The number of benzene rings is 2. The monoisotopic (exact) mass is 287 g/mol. The number of H-pyrrole nitrogens is 1. The number of fused-ring (bicyclic) bond motifs is 1. The highest BCUT2D eigenvalue weighted by molar-refractivity contribution is 6.05. The van der Waals surface area contributed by atoms with Crippen molar-refractivity contribution in [1.29, 1.82) is 0 Å². The maximum atomic E-state index is 13.5. The molecule has 2 aromatic carbocycles. The number of anilines is 2. The van der Waals surface area contributed by atoms with Crippen LogP contribution in [0.2, 0.25) is 0 Å². The fourth-order valence-electron chi connectivity index (χ4n) is 2.06. The summed E-state index contributed by atoms with van der Waals surface area (Å²) in [5.41, 5.74) is 1.38. The zero-order valence-electron chi connectivity index (χ0n) is 10.8. The van der Waals surface area contributed by atoms with E-state index < -0.39 is 17.7 Å². The fraction of sp³-hybridized carbons (Fsp3) is 0. The molecule has 0 bridgehead atoms. The lowest BCUT2D eigenvalue weighted by Gasteiger charge is -2.09. The van der Waals surface area contributed by atoms with Gasteiger partial charge in [-0.3, -0.25) is 0 Å². The van der Waals surface area contributed by atoms with E-state index in [4.69, 9.17) is 0 Å². The van der Waals surface area contributed by atoms with Crippen LogP contribution in [0, 0.1) is 11.6 Å². The van der Waals surface area contributed by atoms with Crippen molar-refractivity contribution in [3.05, 3.63) is 60.3 Å². The van der Waals surface area contributed by atoms with Gasteiger partial charge in [-0.1, -0.05) is 6.07 Å². The Labute approximate surface area is 118 Å². The van der Waals surface area contributed by atoms with Crippen LogP contribution in [0.15, 0.2) is 48.7 Å². The molecule has 1 heterocycles. The number of rotatable bonds is 2. The molecule has 0 saturated carbocycles. The SMILES string of the molecule is O=C(Nc1ccc(F)cc1F)Nc1cccc2[nH]ccc12. The number of carbonyl (C=O) groups excluding carboxylic acids is 1. The summed E-state index contributed by atoms with van der Waals surface area (Å²) >= 11 is 0. The molecule has 0 aliphatic heterocycles. The number of carbonyl (C=O) groups is 1. The van der Waals surface area contributed by atoms with E-state index in [2.05, 4.69) is 15.6 Å². The lowest BCUT2D eigenvalue weighted by atomic mass is 10.2. The molecule has 0 radical (unpaired) electrons. The number of aromatic nitrogens is 1. The first-order valence-electron chi connectivity index (χ1n) is 6.22. The molecular weight excluding hydrogens is 276 g/mol. The molecule has 0 atom stereocenters. The normalized spacial score (nSPS) is 10.6. The molecule has 21 heavy (non-hydrogen) atoms. The van der Waals surface area contributed by atoms with Crippen LogP contribution in [0.3, 0.4) is 0 Å². The van der Waals surface area contributed by atoms with Crippen molar-refractivity contribution in [2.75, 3.05) is 10.6 Å². The third kappa shape index (κ3) is 2.69. The fourth-order valence-corrected chi connectivity index (χ4v) is 2.06. The Kier molecular flexibility index (Phi) is 3.27. The smallest absolute Gasteiger partial charge is 0.323 e. The molecule has 0 saturated heterocycles. The number of hydrogen-bond acceptors (Lipinski definition) is 1. The molecule has 0 aliphatic carbocycles. The Hall–Kier alpha value is -2.89. The van der Waals surface area contributed by atoms with Crippen LogP contribution >= 0.6 is 0 Å². The topological polar surface area (TPSA) is 56.9 Å². The molecule has 0 aliphatic rings. The number of amides is 2. The van der Waals surface area contributed by atoms with Gasteiger partial charge in [-0.25, -0.2) is 13.6 Å². The Bertz CT molecular complexity index is 814. The largest absolute Gasteiger partial charge is 0.361 e. The van der Waals surface area contributed by atoms with Crippen molar-refractivity contribution < 1.29 is 13.6 Å². The molecule has 3 aromatic rings. The van der Waals surface area contributed by atoms with E-state index in [-0.39, 0.29) is 5.69 Å². The Morgan fingerprint density at radius 2 is 1.81 bits per heavy atom. The summed E-state index contributed by atoms with van der Waals surface area (Å²) < 4.78 is 26.3. The number of urea groups is 1. The second kappa shape index (κ2) is 5.24. The Morgan fingerprint density at radius 3 is 2.62 bits per heavy atom. The maximum absolute atomic E-state index is 13.5. The summed E-state index contributed by atoms with van der Waals surface area (Å²) in [6.45, 7) is 0. The Balaban J connectivity index is 1.79. The predicted molar refractivity (Wildman–Crippen MR) is 77.3 cm³/mol. The molecule has 3 N–H and O–H groups in total. The van der Waals surface area contributed by atoms with Crippen molar-refractivity contribution in [2.24, 2.45) is 0 Å². The van der Waals surface area contributed by atoms with Gasteiger partial charge in [0.2, 0.25) is 0 Å². The van der Waals surface area contributed by atoms with Crippen LogP contribution in [0.1, 0.15) is 0 Å². The van der Waals surface area contributed by atoms with Crippen LogP contribution in [0.5, 0.6) is 0 Å². The molecule has 4 nitrogen and oxygen atoms in total. The quantitative estimate of drug-likeness (QED) is 0.653. The molecule has 0 spiro atoms. The minimum atomic E-state index is -0.829. The van der Waals surface area contributed by atoms with Gasteiger partial charge in [0.1, 0.15) is 11.6 Å². The van der Waals surface area contributed by atoms with Crippen molar-refractivity contribution in [3.8, 4) is 0 Å². The third-order valence-corrected chi connectivity index (χ3v) is 3.02. The van der Waals surface area contributed by atoms with Crippen LogP contribution in [-0.2, 0) is 0 Å². The molecule has 106 valence electrons. The zero-order valence-corrected chi connectivity index (χ0v) is 10.8. The Morgan fingerprint density at radius 1 is 1.00 bits per heavy atom. The predicted octanol–water partition coefficient (Wildman–Crippen LogP) is 4.09. The van der Waals surface area contributed by atoms with Crippen LogP contribution in [0.4, 0.5) is 25.0 Å². The summed E-state index contributed by atoms with van der Waals surface area (Å²) in [7, 11) is 0. The summed E-state index contributed by atoms with van der Waals surface area (Å²) in [5, 5.41) is 5.81. The molecule has 1 aromatic heterocycles.